The Hall–Kier alpha value is -1.42. The van der Waals surface area contributed by atoms with Gasteiger partial charge in [0.25, 0.3) is 0 Å². The molecule has 1 aromatic carbocycles. The molecule has 0 bridgehead atoms. The maximum absolute atomic E-state index is 11.2. The summed E-state index contributed by atoms with van der Waals surface area (Å²) in [7, 11) is 0. The Morgan fingerprint density at radius 2 is 1.81 bits per heavy atom. The van der Waals surface area contributed by atoms with Crippen LogP contribution in [0.1, 0.15) is 30.0 Å². The van der Waals surface area contributed by atoms with Gasteiger partial charge >= 0.3 is 0 Å². The van der Waals surface area contributed by atoms with E-state index >= 15 is 0 Å². The summed E-state index contributed by atoms with van der Waals surface area (Å²) in [5.41, 5.74) is 1.19. The number of nitrogens with one attached hydrogen (secondary N) is 1. The van der Waals surface area contributed by atoms with Crippen molar-refractivity contribution in [1.82, 2.24) is 10.3 Å². The van der Waals surface area contributed by atoms with Crippen molar-refractivity contribution in [3.05, 3.63) is 64.9 Å². The Morgan fingerprint density at radius 3 is 2.43 bits per heavy atom. The molecule has 3 nitrogen and oxygen atoms in total. The number of piperidine rings is 1. The first-order valence-electron chi connectivity index (χ1n) is 7.28. The maximum atomic E-state index is 11.2. The fourth-order valence-electron chi connectivity index (χ4n) is 3.11. The first-order chi connectivity index (χ1) is 10.2. The summed E-state index contributed by atoms with van der Waals surface area (Å²) in [5.74, 6) is -0.127. The predicted molar refractivity (Wildman–Crippen MR) is 84.6 cm³/mol. The van der Waals surface area contributed by atoms with Gasteiger partial charge in [-0.1, -0.05) is 41.9 Å². The second-order valence-electron chi connectivity index (χ2n) is 5.60. The molecule has 0 spiro atoms. The van der Waals surface area contributed by atoms with Gasteiger partial charge in [-0.25, -0.2) is 0 Å². The van der Waals surface area contributed by atoms with Crippen LogP contribution >= 0.6 is 11.6 Å². The van der Waals surface area contributed by atoms with Crippen molar-refractivity contribution in [2.45, 2.75) is 24.4 Å². The minimum atomic E-state index is -0.770. The number of aromatic nitrogens is 1. The zero-order valence-electron chi connectivity index (χ0n) is 11.8. The average molecular weight is 303 g/mol. The van der Waals surface area contributed by atoms with E-state index in [2.05, 4.69) is 22.4 Å². The molecule has 2 heterocycles. The third-order valence-electron chi connectivity index (χ3n) is 4.19. The zero-order valence-corrected chi connectivity index (χ0v) is 12.6. The Kier molecular flexibility index (Phi) is 4.24. The van der Waals surface area contributed by atoms with Gasteiger partial charge in [0, 0.05) is 6.20 Å². The van der Waals surface area contributed by atoms with E-state index in [4.69, 9.17) is 11.6 Å². The molecule has 1 aromatic heterocycles. The van der Waals surface area contributed by atoms with Crippen LogP contribution in [-0.4, -0.2) is 28.8 Å². The summed E-state index contributed by atoms with van der Waals surface area (Å²) in [6.45, 7) is 1.65. The fourth-order valence-corrected chi connectivity index (χ4v) is 3.22. The number of nitrogens with zero attached hydrogens (tertiary/aromatic N) is 1. The molecule has 0 saturated carbocycles. The minimum Gasteiger partial charge on any atom is -0.389 e. The molecule has 3 rings (SSSR count). The van der Waals surface area contributed by atoms with Gasteiger partial charge in [-0.3, -0.25) is 4.98 Å². The summed E-state index contributed by atoms with van der Waals surface area (Å²) in [5, 5.41) is 15.1. The van der Waals surface area contributed by atoms with Crippen LogP contribution in [0, 0.1) is 0 Å². The van der Waals surface area contributed by atoms with E-state index in [1.807, 2.05) is 30.3 Å². The van der Waals surface area contributed by atoms with Crippen LogP contribution in [0.15, 0.2) is 48.7 Å². The van der Waals surface area contributed by atoms with E-state index in [0.29, 0.717) is 5.02 Å². The van der Waals surface area contributed by atoms with Crippen molar-refractivity contribution < 1.29 is 5.11 Å². The summed E-state index contributed by atoms with van der Waals surface area (Å²) >= 11 is 5.95. The smallest absolute Gasteiger partial charge is 0.0795 e. The van der Waals surface area contributed by atoms with E-state index in [1.165, 1.54) is 0 Å². The molecule has 2 aromatic rings. The fraction of sp³-hybridized carbons (Fsp3) is 0.353. The molecule has 0 unspecified atom stereocenters. The van der Waals surface area contributed by atoms with Gasteiger partial charge in [0.15, 0.2) is 0 Å². The lowest BCUT2D eigenvalue weighted by atomic mass is 9.74. The van der Waals surface area contributed by atoms with Crippen molar-refractivity contribution in [2.24, 2.45) is 0 Å². The van der Waals surface area contributed by atoms with Crippen molar-refractivity contribution >= 4 is 11.6 Å². The quantitative estimate of drug-likeness (QED) is 0.916. The van der Waals surface area contributed by atoms with Crippen LogP contribution in [0.3, 0.4) is 0 Å². The van der Waals surface area contributed by atoms with Gasteiger partial charge in [-0.15, -0.1) is 0 Å². The highest BCUT2D eigenvalue weighted by molar-refractivity contribution is 6.30. The molecule has 0 aliphatic carbocycles. The minimum absolute atomic E-state index is 0.127. The second kappa shape index (κ2) is 6.14. The number of benzene rings is 1. The van der Waals surface area contributed by atoms with Gasteiger partial charge in [0.2, 0.25) is 0 Å². The third-order valence-corrected chi connectivity index (χ3v) is 4.41. The summed E-state index contributed by atoms with van der Waals surface area (Å²) < 4.78 is 0. The highest BCUT2D eigenvalue weighted by Crippen LogP contribution is 2.39. The Balaban J connectivity index is 2.04. The van der Waals surface area contributed by atoms with Crippen molar-refractivity contribution in [3.8, 4) is 0 Å². The van der Waals surface area contributed by atoms with Gasteiger partial charge in [-0.05, 0) is 43.6 Å². The number of pyridine rings is 1. The molecule has 21 heavy (non-hydrogen) atoms. The molecule has 2 N–H and O–H groups in total. The molecule has 1 aliphatic rings. The zero-order chi connectivity index (χ0) is 14.7. The lowest BCUT2D eigenvalue weighted by Gasteiger charge is -2.39. The van der Waals surface area contributed by atoms with Crippen molar-refractivity contribution in [1.29, 1.82) is 0 Å². The molecule has 110 valence electrons. The van der Waals surface area contributed by atoms with Gasteiger partial charge in [0.05, 0.1) is 22.2 Å². The van der Waals surface area contributed by atoms with Gasteiger partial charge < -0.3 is 10.4 Å². The molecule has 4 heteroatoms. The largest absolute Gasteiger partial charge is 0.389 e. The standard InChI is InChI=1S/C17H19ClN2O/c18-14-6-7-15(20-12-14)16(13-4-2-1-3-5-13)17(21)8-10-19-11-9-17/h1-7,12,16,19,21H,8-11H2/t16-/m1/s1. The molecule has 1 atom stereocenters. The molecular formula is C17H19ClN2O. The number of rotatable bonds is 3. The van der Waals surface area contributed by atoms with Crippen molar-refractivity contribution in [2.75, 3.05) is 13.1 Å². The molecule has 1 fully saturated rings. The number of hydrogen-bond donors (Lipinski definition) is 2. The lowest BCUT2D eigenvalue weighted by molar-refractivity contribution is -0.00588. The van der Waals surface area contributed by atoms with Crippen LogP contribution in [-0.2, 0) is 0 Å². The average Bonchev–Trinajstić information content (AvgIpc) is 2.51. The van der Waals surface area contributed by atoms with E-state index in [-0.39, 0.29) is 5.92 Å². The van der Waals surface area contributed by atoms with Gasteiger partial charge in [0.1, 0.15) is 0 Å². The SMILES string of the molecule is OC1([C@H](c2ccccc2)c2ccc(Cl)cn2)CCNCC1. The van der Waals surface area contributed by atoms with E-state index in [0.717, 1.165) is 37.2 Å². The number of hydrogen-bond acceptors (Lipinski definition) is 3. The van der Waals surface area contributed by atoms with Crippen LogP contribution in [0.5, 0.6) is 0 Å². The topological polar surface area (TPSA) is 45.2 Å². The van der Waals surface area contributed by atoms with Crippen LogP contribution in [0.4, 0.5) is 0 Å². The Bertz CT molecular complexity index is 579. The van der Waals surface area contributed by atoms with Crippen LogP contribution in [0.2, 0.25) is 5.02 Å². The molecular weight excluding hydrogens is 284 g/mol. The monoisotopic (exact) mass is 302 g/mol. The van der Waals surface area contributed by atoms with Crippen LogP contribution in [0.25, 0.3) is 0 Å². The summed E-state index contributed by atoms with van der Waals surface area (Å²) in [6.07, 6.45) is 3.09. The predicted octanol–water partition coefficient (Wildman–Crippen LogP) is 2.98. The molecule has 0 radical (unpaired) electrons. The van der Waals surface area contributed by atoms with Crippen molar-refractivity contribution in [3.63, 3.8) is 0 Å². The second-order valence-corrected chi connectivity index (χ2v) is 6.03. The maximum Gasteiger partial charge on any atom is 0.0795 e. The highest BCUT2D eigenvalue weighted by atomic mass is 35.5. The molecule has 1 aliphatic heterocycles. The highest BCUT2D eigenvalue weighted by Gasteiger charge is 2.40. The van der Waals surface area contributed by atoms with E-state index < -0.39 is 5.60 Å². The lowest BCUT2D eigenvalue weighted by Crippen LogP contribution is -2.46. The van der Waals surface area contributed by atoms with E-state index in [9.17, 15) is 5.11 Å². The van der Waals surface area contributed by atoms with Crippen LogP contribution < -0.4 is 5.32 Å². The summed E-state index contributed by atoms with van der Waals surface area (Å²) in [4.78, 5) is 4.46. The third kappa shape index (κ3) is 3.10. The summed E-state index contributed by atoms with van der Waals surface area (Å²) in [6, 6.07) is 13.9. The van der Waals surface area contributed by atoms with E-state index in [1.54, 1.807) is 6.20 Å². The molecule has 0 amide bonds. The first kappa shape index (κ1) is 14.5. The normalized spacial score (nSPS) is 19.1. The Morgan fingerprint density at radius 1 is 1.10 bits per heavy atom. The number of aliphatic hydroxyl groups is 1. The number of halogens is 1. The Labute approximate surface area is 130 Å². The van der Waals surface area contributed by atoms with Gasteiger partial charge in [-0.2, -0.15) is 0 Å². The molecule has 1 saturated heterocycles. The first-order valence-corrected chi connectivity index (χ1v) is 7.66.